The van der Waals surface area contributed by atoms with Gasteiger partial charge < -0.3 is 10.1 Å². The molecule has 0 radical (unpaired) electrons. The van der Waals surface area contributed by atoms with Crippen LogP contribution in [0.25, 0.3) is 0 Å². The zero-order chi connectivity index (χ0) is 15.1. The molecule has 0 aromatic heterocycles. The summed E-state index contributed by atoms with van der Waals surface area (Å²) >= 11 is 0. The number of hydrogen-bond donors (Lipinski definition) is 1. The number of carbonyl (C=O) groups is 2. The number of methoxy groups -OCH3 is 1. The normalized spacial score (nSPS) is 11.3. The molecule has 5 heteroatoms. The minimum absolute atomic E-state index is 0.174. The van der Waals surface area contributed by atoms with Crippen LogP contribution < -0.4 is 5.32 Å². The van der Waals surface area contributed by atoms with Crippen molar-refractivity contribution in [3.63, 3.8) is 0 Å². The van der Waals surface area contributed by atoms with Crippen molar-refractivity contribution >= 4 is 11.9 Å². The van der Waals surface area contributed by atoms with Gasteiger partial charge in [0.25, 0.3) is 5.91 Å². The molecule has 1 aromatic rings. The fourth-order valence-corrected chi connectivity index (χ4v) is 1.95. The monoisotopic (exact) mass is 274 g/mol. The van der Waals surface area contributed by atoms with Gasteiger partial charge in [-0.25, -0.2) is 4.79 Å². The molecule has 0 spiro atoms. The van der Waals surface area contributed by atoms with Crippen LogP contribution in [0.3, 0.4) is 0 Å². The summed E-state index contributed by atoms with van der Waals surface area (Å²) in [6.45, 7) is 3.80. The van der Waals surface area contributed by atoms with Crippen LogP contribution in [0.5, 0.6) is 0 Å². The molecule has 1 rings (SSSR count). The average molecular weight is 274 g/mol. The number of rotatable bonds is 5. The number of esters is 1. The van der Waals surface area contributed by atoms with E-state index in [2.05, 4.69) is 10.1 Å². The van der Waals surface area contributed by atoms with E-state index in [1.54, 1.807) is 12.1 Å². The van der Waals surface area contributed by atoms with Gasteiger partial charge in [0, 0.05) is 12.0 Å². The molecule has 0 unspecified atom stereocenters. The zero-order valence-corrected chi connectivity index (χ0v) is 11.9. The molecule has 1 amide bonds. The Hall–Kier alpha value is -2.35. The quantitative estimate of drug-likeness (QED) is 0.831. The second-order valence-electron chi connectivity index (χ2n) is 4.62. The van der Waals surface area contributed by atoms with E-state index in [1.165, 1.54) is 7.11 Å². The maximum atomic E-state index is 12.1. The molecular formula is C15H18N2O3. The molecule has 0 bridgehead atoms. The van der Waals surface area contributed by atoms with Gasteiger partial charge >= 0.3 is 5.97 Å². The van der Waals surface area contributed by atoms with Crippen LogP contribution >= 0.6 is 0 Å². The fourth-order valence-electron chi connectivity index (χ4n) is 1.95. The van der Waals surface area contributed by atoms with Crippen LogP contribution in [0.1, 0.15) is 34.3 Å². The van der Waals surface area contributed by atoms with E-state index in [9.17, 15) is 9.59 Å². The maximum absolute atomic E-state index is 12.1. The largest absolute Gasteiger partial charge is 0.467 e. The molecule has 0 aliphatic carbocycles. The Morgan fingerprint density at radius 1 is 1.30 bits per heavy atom. The second-order valence-corrected chi connectivity index (χ2v) is 4.62. The van der Waals surface area contributed by atoms with E-state index >= 15 is 0 Å². The first kappa shape index (κ1) is 15.7. The number of carbonyl (C=O) groups excluding carboxylic acids is 2. The third kappa shape index (κ3) is 4.39. The summed E-state index contributed by atoms with van der Waals surface area (Å²) in [6.07, 6.45) is 0.409. The third-order valence-corrected chi connectivity index (χ3v) is 2.82. The first-order chi connectivity index (χ1) is 9.47. The van der Waals surface area contributed by atoms with Crippen molar-refractivity contribution in [3.05, 3.63) is 34.9 Å². The average Bonchev–Trinajstić information content (AvgIpc) is 2.41. The topological polar surface area (TPSA) is 79.2 Å². The highest BCUT2D eigenvalue weighted by atomic mass is 16.5. The lowest BCUT2D eigenvalue weighted by Crippen LogP contribution is -2.41. The number of hydrogen-bond acceptors (Lipinski definition) is 4. The first-order valence-corrected chi connectivity index (χ1v) is 6.32. The minimum Gasteiger partial charge on any atom is -0.467 e. The molecule has 0 aliphatic heterocycles. The molecule has 0 saturated heterocycles. The van der Waals surface area contributed by atoms with Gasteiger partial charge in [-0.3, -0.25) is 4.79 Å². The Kier molecular flexibility index (Phi) is 5.73. The number of benzene rings is 1. The van der Waals surface area contributed by atoms with Crippen molar-refractivity contribution in [2.75, 3.05) is 7.11 Å². The van der Waals surface area contributed by atoms with E-state index < -0.39 is 12.0 Å². The Morgan fingerprint density at radius 2 is 1.90 bits per heavy atom. The second kappa shape index (κ2) is 7.29. The molecule has 0 fully saturated rings. The van der Waals surface area contributed by atoms with Gasteiger partial charge in [0.05, 0.1) is 13.2 Å². The molecule has 5 nitrogen and oxygen atoms in total. The summed E-state index contributed by atoms with van der Waals surface area (Å²) in [5, 5.41) is 11.2. The van der Waals surface area contributed by atoms with Gasteiger partial charge in [0.15, 0.2) is 0 Å². The Bertz CT molecular complexity index is 526. The van der Waals surface area contributed by atoms with E-state index in [-0.39, 0.29) is 18.7 Å². The fraction of sp³-hybridized carbons (Fsp3) is 0.400. The molecule has 106 valence electrons. The summed E-state index contributed by atoms with van der Waals surface area (Å²) in [4.78, 5) is 23.7. The smallest absolute Gasteiger partial charge is 0.328 e. The lowest BCUT2D eigenvalue weighted by Gasteiger charge is -2.15. The van der Waals surface area contributed by atoms with Crippen molar-refractivity contribution in [1.29, 1.82) is 5.26 Å². The van der Waals surface area contributed by atoms with Crippen molar-refractivity contribution in [2.45, 2.75) is 32.7 Å². The number of amides is 1. The van der Waals surface area contributed by atoms with Crippen molar-refractivity contribution in [2.24, 2.45) is 0 Å². The predicted molar refractivity (Wildman–Crippen MR) is 74.0 cm³/mol. The van der Waals surface area contributed by atoms with E-state index in [0.29, 0.717) is 5.56 Å². The van der Waals surface area contributed by atoms with Crippen LogP contribution in [0.15, 0.2) is 18.2 Å². The summed E-state index contributed by atoms with van der Waals surface area (Å²) < 4.78 is 4.63. The van der Waals surface area contributed by atoms with Crippen LogP contribution in [-0.2, 0) is 9.53 Å². The molecule has 20 heavy (non-hydrogen) atoms. The van der Waals surface area contributed by atoms with Gasteiger partial charge in [-0.1, -0.05) is 17.2 Å². The molecule has 1 N–H and O–H groups in total. The summed E-state index contributed by atoms with van der Waals surface area (Å²) in [7, 11) is 1.25. The van der Waals surface area contributed by atoms with Crippen LogP contribution in [0, 0.1) is 25.2 Å². The van der Waals surface area contributed by atoms with Gasteiger partial charge in [-0.2, -0.15) is 5.26 Å². The summed E-state index contributed by atoms with van der Waals surface area (Å²) in [5.41, 5.74) is 2.44. The number of aryl methyl sites for hydroxylation is 2. The molecule has 0 heterocycles. The number of nitrogens with zero attached hydrogens (tertiary/aromatic N) is 1. The summed E-state index contributed by atoms with van der Waals surface area (Å²) in [6, 6.07) is 6.62. The summed E-state index contributed by atoms with van der Waals surface area (Å²) in [5.74, 6) is -0.886. The Labute approximate surface area is 118 Å². The highest BCUT2D eigenvalue weighted by molar-refractivity contribution is 5.97. The van der Waals surface area contributed by atoms with Crippen molar-refractivity contribution in [1.82, 2.24) is 5.32 Å². The highest BCUT2D eigenvalue weighted by Gasteiger charge is 2.21. The van der Waals surface area contributed by atoms with Crippen LogP contribution in [0.4, 0.5) is 0 Å². The SMILES string of the molecule is COC(=O)[C@H](CCC#N)NC(=O)c1cc(C)cc(C)c1. The van der Waals surface area contributed by atoms with Crippen molar-refractivity contribution in [3.8, 4) is 6.07 Å². The van der Waals surface area contributed by atoms with E-state index in [4.69, 9.17) is 5.26 Å². The first-order valence-electron chi connectivity index (χ1n) is 6.32. The molecule has 1 aromatic carbocycles. The Morgan fingerprint density at radius 3 is 2.40 bits per heavy atom. The minimum atomic E-state index is -0.798. The van der Waals surface area contributed by atoms with Gasteiger partial charge in [-0.05, 0) is 32.4 Å². The molecule has 1 atom stereocenters. The third-order valence-electron chi connectivity index (χ3n) is 2.82. The van der Waals surface area contributed by atoms with Gasteiger partial charge in [-0.15, -0.1) is 0 Å². The standard InChI is InChI=1S/C15H18N2O3/c1-10-7-11(2)9-12(8-10)14(18)17-13(5-4-6-16)15(19)20-3/h7-9,13H,4-5H2,1-3H3,(H,17,18)/t13-/m0/s1. The van der Waals surface area contributed by atoms with Crippen LogP contribution in [0.2, 0.25) is 0 Å². The predicted octanol–water partition coefficient (Wildman–Crippen LogP) is 1.88. The van der Waals surface area contributed by atoms with Crippen molar-refractivity contribution < 1.29 is 14.3 Å². The molecular weight excluding hydrogens is 256 g/mol. The highest BCUT2D eigenvalue weighted by Crippen LogP contribution is 2.10. The van der Waals surface area contributed by atoms with E-state index in [0.717, 1.165) is 11.1 Å². The van der Waals surface area contributed by atoms with Crippen LogP contribution in [-0.4, -0.2) is 25.0 Å². The zero-order valence-electron chi connectivity index (χ0n) is 11.9. The molecule has 0 saturated carbocycles. The maximum Gasteiger partial charge on any atom is 0.328 e. The lowest BCUT2D eigenvalue weighted by atomic mass is 10.1. The van der Waals surface area contributed by atoms with E-state index in [1.807, 2.05) is 26.0 Å². The van der Waals surface area contributed by atoms with Gasteiger partial charge in [0.1, 0.15) is 6.04 Å². The molecule has 0 aliphatic rings. The number of nitriles is 1. The number of nitrogens with one attached hydrogen (secondary N) is 1. The Balaban J connectivity index is 2.84. The number of ether oxygens (including phenoxy) is 1. The lowest BCUT2D eigenvalue weighted by molar-refractivity contribution is -0.143. The van der Waals surface area contributed by atoms with Gasteiger partial charge in [0.2, 0.25) is 0 Å².